The van der Waals surface area contributed by atoms with Crippen molar-refractivity contribution in [1.29, 1.82) is 0 Å². The third-order valence-electron chi connectivity index (χ3n) is 3.01. The van der Waals surface area contributed by atoms with Gasteiger partial charge < -0.3 is 9.64 Å². The summed E-state index contributed by atoms with van der Waals surface area (Å²) in [6.45, 7) is 7.29. The molecule has 1 saturated heterocycles. The Morgan fingerprint density at radius 2 is 2.00 bits per heavy atom. The molecule has 0 atom stereocenters. The first-order valence-electron chi connectivity index (χ1n) is 6.28. The molecule has 1 heterocycles. The van der Waals surface area contributed by atoms with Crippen molar-refractivity contribution < 1.29 is 9.13 Å². The summed E-state index contributed by atoms with van der Waals surface area (Å²) in [6, 6.07) is 5.46. The number of morpholine rings is 1. The predicted octanol–water partition coefficient (Wildman–Crippen LogP) is 2.86. The van der Waals surface area contributed by atoms with Gasteiger partial charge in [0.15, 0.2) is 0 Å². The van der Waals surface area contributed by atoms with Crippen molar-refractivity contribution in [2.45, 2.75) is 20.3 Å². The zero-order chi connectivity index (χ0) is 12.3. The highest BCUT2D eigenvalue weighted by atomic mass is 19.1. The lowest BCUT2D eigenvalue weighted by Crippen LogP contribution is -2.36. The second kappa shape index (κ2) is 5.50. The molecule has 3 heteroatoms. The summed E-state index contributed by atoms with van der Waals surface area (Å²) in [6.07, 6.45) is 0.998. The van der Waals surface area contributed by atoms with Crippen LogP contribution in [0.3, 0.4) is 0 Å². The van der Waals surface area contributed by atoms with Crippen LogP contribution in [0.2, 0.25) is 0 Å². The van der Waals surface area contributed by atoms with E-state index in [-0.39, 0.29) is 5.82 Å². The summed E-state index contributed by atoms with van der Waals surface area (Å²) in [5.41, 5.74) is 1.94. The van der Waals surface area contributed by atoms with Gasteiger partial charge in [-0.25, -0.2) is 4.39 Å². The van der Waals surface area contributed by atoms with Crippen LogP contribution in [0.25, 0.3) is 0 Å². The highest BCUT2D eigenvalue weighted by Crippen LogP contribution is 2.23. The van der Waals surface area contributed by atoms with Crippen LogP contribution < -0.4 is 4.90 Å². The molecule has 2 nitrogen and oxygen atoms in total. The molecule has 1 aromatic rings. The highest BCUT2D eigenvalue weighted by Gasteiger charge is 2.15. The van der Waals surface area contributed by atoms with Crippen molar-refractivity contribution in [3.63, 3.8) is 0 Å². The topological polar surface area (TPSA) is 12.5 Å². The number of hydrogen-bond donors (Lipinski definition) is 0. The number of rotatable bonds is 3. The molecule has 0 bridgehead atoms. The summed E-state index contributed by atoms with van der Waals surface area (Å²) in [4.78, 5) is 2.07. The molecule has 0 aliphatic carbocycles. The van der Waals surface area contributed by atoms with Gasteiger partial charge in [-0.1, -0.05) is 19.9 Å². The van der Waals surface area contributed by atoms with E-state index in [4.69, 9.17) is 4.74 Å². The minimum Gasteiger partial charge on any atom is -0.378 e. The Kier molecular flexibility index (Phi) is 4.00. The van der Waals surface area contributed by atoms with Crippen molar-refractivity contribution in [2.75, 3.05) is 31.2 Å². The van der Waals surface area contributed by atoms with E-state index in [2.05, 4.69) is 18.7 Å². The van der Waals surface area contributed by atoms with Gasteiger partial charge in [0.1, 0.15) is 5.82 Å². The summed E-state index contributed by atoms with van der Waals surface area (Å²) >= 11 is 0. The minimum absolute atomic E-state index is 0.126. The van der Waals surface area contributed by atoms with Crippen LogP contribution in [0.4, 0.5) is 10.1 Å². The van der Waals surface area contributed by atoms with E-state index in [1.165, 1.54) is 5.56 Å². The lowest BCUT2D eigenvalue weighted by atomic mass is 10.0. The fourth-order valence-corrected chi connectivity index (χ4v) is 2.20. The first-order valence-corrected chi connectivity index (χ1v) is 6.28. The largest absolute Gasteiger partial charge is 0.378 e. The average molecular weight is 237 g/mol. The van der Waals surface area contributed by atoms with Crippen LogP contribution in [-0.4, -0.2) is 26.3 Å². The average Bonchev–Trinajstić information content (AvgIpc) is 2.32. The van der Waals surface area contributed by atoms with E-state index in [1.807, 2.05) is 12.1 Å². The molecular weight excluding hydrogens is 217 g/mol. The first-order chi connectivity index (χ1) is 8.16. The molecule has 1 fully saturated rings. The van der Waals surface area contributed by atoms with Crippen molar-refractivity contribution in [3.05, 3.63) is 29.6 Å². The summed E-state index contributed by atoms with van der Waals surface area (Å²) in [5, 5.41) is 0. The van der Waals surface area contributed by atoms with Crippen LogP contribution in [0, 0.1) is 11.7 Å². The summed E-state index contributed by atoms with van der Waals surface area (Å²) < 4.78 is 19.1. The van der Waals surface area contributed by atoms with Crippen molar-refractivity contribution in [1.82, 2.24) is 0 Å². The Hall–Kier alpha value is -1.09. The van der Waals surface area contributed by atoms with E-state index >= 15 is 0 Å². The molecule has 0 aromatic heterocycles. The van der Waals surface area contributed by atoms with Gasteiger partial charge in [-0.2, -0.15) is 0 Å². The molecule has 0 N–H and O–H groups in total. The SMILES string of the molecule is CC(C)Cc1ccc(F)c(N2CCOCC2)c1. The van der Waals surface area contributed by atoms with Crippen molar-refractivity contribution in [2.24, 2.45) is 5.92 Å². The Bertz CT molecular complexity index is 372. The molecule has 1 aliphatic heterocycles. The maximum absolute atomic E-state index is 13.8. The molecule has 1 aromatic carbocycles. The van der Waals surface area contributed by atoms with E-state index in [1.54, 1.807) is 6.07 Å². The van der Waals surface area contributed by atoms with Gasteiger partial charge in [0.05, 0.1) is 18.9 Å². The molecule has 0 spiro atoms. The third kappa shape index (κ3) is 3.19. The van der Waals surface area contributed by atoms with Crippen molar-refractivity contribution >= 4 is 5.69 Å². The van der Waals surface area contributed by atoms with Crippen LogP contribution in [0.15, 0.2) is 18.2 Å². The lowest BCUT2D eigenvalue weighted by molar-refractivity contribution is 0.122. The standard InChI is InChI=1S/C14H20FNO/c1-11(2)9-12-3-4-13(15)14(10-12)16-5-7-17-8-6-16/h3-4,10-11H,5-9H2,1-2H3. The second-order valence-corrected chi connectivity index (χ2v) is 4.98. The predicted molar refractivity (Wildman–Crippen MR) is 68.0 cm³/mol. The Morgan fingerprint density at radius 3 is 2.65 bits per heavy atom. The van der Waals surface area contributed by atoms with Gasteiger partial charge in [0, 0.05) is 13.1 Å². The maximum Gasteiger partial charge on any atom is 0.146 e. The quantitative estimate of drug-likeness (QED) is 0.801. The molecule has 17 heavy (non-hydrogen) atoms. The van der Waals surface area contributed by atoms with E-state index < -0.39 is 0 Å². The van der Waals surface area contributed by atoms with E-state index in [0.29, 0.717) is 19.1 Å². The number of nitrogens with zero attached hydrogens (tertiary/aromatic N) is 1. The third-order valence-corrected chi connectivity index (χ3v) is 3.01. The van der Waals surface area contributed by atoms with Crippen molar-refractivity contribution in [3.8, 4) is 0 Å². The van der Waals surface area contributed by atoms with Crippen LogP contribution in [-0.2, 0) is 11.2 Å². The zero-order valence-electron chi connectivity index (χ0n) is 10.6. The van der Waals surface area contributed by atoms with Crippen LogP contribution >= 0.6 is 0 Å². The van der Waals surface area contributed by atoms with E-state index in [0.717, 1.165) is 25.2 Å². The number of benzene rings is 1. The monoisotopic (exact) mass is 237 g/mol. The highest BCUT2D eigenvalue weighted by molar-refractivity contribution is 5.50. The Labute approximate surface area is 102 Å². The molecule has 0 unspecified atom stereocenters. The van der Waals surface area contributed by atoms with E-state index in [9.17, 15) is 4.39 Å². The van der Waals surface area contributed by atoms with Gasteiger partial charge >= 0.3 is 0 Å². The van der Waals surface area contributed by atoms with Gasteiger partial charge in [0.25, 0.3) is 0 Å². The molecule has 0 saturated carbocycles. The maximum atomic E-state index is 13.8. The molecule has 94 valence electrons. The normalized spacial score (nSPS) is 16.6. The molecule has 2 rings (SSSR count). The number of halogens is 1. The van der Waals surface area contributed by atoms with Gasteiger partial charge in [0.2, 0.25) is 0 Å². The second-order valence-electron chi connectivity index (χ2n) is 4.98. The first kappa shape index (κ1) is 12.4. The smallest absolute Gasteiger partial charge is 0.146 e. The Morgan fingerprint density at radius 1 is 1.29 bits per heavy atom. The lowest BCUT2D eigenvalue weighted by Gasteiger charge is -2.29. The Balaban J connectivity index is 2.19. The fourth-order valence-electron chi connectivity index (χ4n) is 2.20. The summed E-state index contributed by atoms with van der Waals surface area (Å²) in [5.74, 6) is 0.470. The zero-order valence-corrected chi connectivity index (χ0v) is 10.6. The number of hydrogen-bond acceptors (Lipinski definition) is 2. The number of anilines is 1. The molecular formula is C14H20FNO. The van der Waals surface area contributed by atoms with Crippen LogP contribution in [0.5, 0.6) is 0 Å². The minimum atomic E-state index is -0.126. The molecule has 0 amide bonds. The molecule has 1 aliphatic rings. The number of ether oxygens (including phenoxy) is 1. The van der Waals surface area contributed by atoms with Gasteiger partial charge in [-0.15, -0.1) is 0 Å². The molecule has 0 radical (unpaired) electrons. The van der Waals surface area contributed by atoms with Crippen LogP contribution in [0.1, 0.15) is 19.4 Å². The fraction of sp³-hybridized carbons (Fsp3) is 0.571. The van der Waals surface area contributed by atoms with Gasteiger partial charge in [-0.3, -0.25) is 0 Å². The van der Waals surface area contributed by atoms with Gasteiger partial charge in [-0.05, 0) is 30.0 Å². The summed E-state index contributed by atoms with van der Waals surface area (Å²) in [7, 11) is 0.